The second kappa shape index (κ2) is 2.49. The number of nitrogens with one attached hydrogen (secondary N) is 1. The van der Waals surface area contributed by atoms with Crippen LogP contribution in [0, 0.1) is 0 Å². The zero-order valence-corrected chi connectivity index (χ0v) is 6.08. The summed E-state index contributed by atoms with van der Waals surface area (Å²) >= 11 is 0. The van der Waals surface area contributed by atoms with Crippen molar-refractivity contribution >= 4 is 0 Å². The molecule has 2 rings (SSSR count). The summed E-state index contributed by atoms with van der Waals surface area (Å²) in [5.41, 5.74) is 0. The molecule has 0 aromatic rings. The molecule has 0 amide bonds. The molecule has 0 radical (unpaired) electrons. The second-order valence-corrected chi connectivity index (χ2v) is 3.24. The summed E-state index contributed by atoms with van der Waals surface area (Å²) in [5, 5.41) is 12.6. The quantitative estimate of drug-likeness (QED) is 0.456. The van der Waals surface area contributed by atoms with Gasteiger partial charge in [0.1, 0.15) is 0 Å². The predicted molar refractivity (Wildman–Crippen MR) is 38.9 cm³/mol. The molecule has 0 spiro atoms. The predicted octanol–water partition coefficient (Wildman–Crippen LogP) is -0.975. The van der Waals surface area contributed by atoms with Gasteiger partial charge >= 0.3 is 0 Å². The van der Waals surface area contributed by atoms with Crippen molar-refractivity contribution < 1.29 is 5.11 Å². The van der Waals surface area contributed by atoms with Crippen LogP contribution in [0.5, 0.6) is 0 Å². The van der Waals surface area contributed by atoms with Gasteiger partial charge in [-0.2, -0.15) is 0 Å². The third-order valence-corrected chi connectivity index (χ3v) is 2.46. The summed E-state index contributed by atoms with van der Waals surface area (Å²) in [6, 6.07) is 0.615. The number of piperazine rings is 1. The minimum Gasteiger partial charge on any atom is -0.392 e. The van der Waals surface area contributed by atoms with Gasteiger partial charge in [0.25, 0.3) is 0 Å². The zero-order valence-electron chi connectivity index (χ0n) is 6.08. The van der Waals surface area contributed by atoms with Crippen molar-refractivity contribution in [1.29, 1.82) is 0 Å². The van der Waals surface area contributed by atoms with Crippen molar-refractivity contribution in [2.24, 2.45) is 0 Å². The molecular formula is C7H14N2O. The second-order valence-electron chi connectivity index (χ2n) is 3.24. The molecule has 2 heterocycles. The number of rotatable bonds is 0. The molecular weight excluding hydrogens is 128 g/mol. The third kappa shape index (κ3) is 1.05. The normalized spacial score (nSPS) is 41.7. The van der Waals surface area contributed by atoms with E-state index < -0.39 is 0 Å². The molecule has 1 unspecified atom stereocenters. The van der Waals surface area contributed by atoms with Crippen molar-refractivity contribution in [3.05, 3.63) is 0 Å². The summed E-state index contributed by atoms with van der Waals surface area (Å²) in [5.74, 6) is 0. The van der Waals surface area contributed by atoms with Gasteiger partial charge in [0.2, 0.25) is 0 Å². The Bertz CT molecular complexity index is 115. The van der Waals surface area contributed by atoms with Crippen LogP contribution < -0.4 is 5.32 Å². The molecule has 2 atom stereocenters. The molecule has 3 nitrogen and oxygen atoms in total. The van der Waals surface area contributed by atoms with E-state index >= 15 is 0 Å². The van der Waals surface area contributed by atoms with Gasteiger partial charge in [0, 0.05) is 32.2 Å². The van der Waals surface area contributed by atoms with Crippen molar-refractivity contribution in [2.45, 2.75) is 18.6 Å². The van der Waals surface area contributed by atoms with Gasteiger partial charge in [-0.25, -0.2) is 0 Å². The summed E-state index contributed by atoms with van der Waals surface area (Å²) in [7, 11) is 0. The van der Waals surface area contributed by atoms with E-state index in [-0.39, 0.29) is 6.10 Å². The molecule has 0 aromatic heterocycles. The number of hydrogen-bond donors (Lipinski definition) is 2. The van der Waals surface area contributed by atoms with E-state index in [2.05, 4.69) is 10.2 Å². The Morgan fingerprint density at radius 1 is 1.50 bits per heavy atom. The lowest BCUT2D eigenvalue weighted by molar-refractivity contribution is 0.170. The maximum atomic E-state index is 9.29. The molecule has 2 aliphatic rings. The van der Waals surface area contributed by atoms with Gasteiger partial charge in [0.05, 0.1) is 6.10 Å². The van der Waals surface area contributed by atoms with Gasteiger partial charge in [-0.1, -0.05) is 0 Å². The van der Waals surface area contributed by atoms with Crippen molar-refractivity contribution in [3.8, 4) is 0 Å². The fourth-order valence-electron chi connectivity index (χ4n) is 1.94. The van der Waals surface area contributed by atoms with Crippen LogP contribution >= 0.6 is 0 Å². The van der Waals surface area contributed by atoms with Crippen LogP contribution in [0.1, 0.15) is 6.42 Å². The van der Waals surface area contributed by atoms with Gasteiger partial charge in [0.15, 0.2) is 0 Å². The van der Waals surface area contributed by atoms with E-state index in [1.54, 1.807) is 0 Å². The van der Waals surface area contributed by atoms with E-state index in [0.29, 0.717) is 6.04 Å². The van der Waals surface area contributed by atoms with Gasteiger partial charge < -0.3 is 10.4 Å². The molecule has 0 aliphatic carbocycles. The smallest absolute Gasteiger partial charge is 0.0682 e. The van der Waals surface area contributed by atoms with E-state index in [1.165, 1.54) is 0 Å². The first-order valence-corrected chi connectivity index (χ1v) is 3.99. The van der Waals surface area contributed by atoms with Crippen molar-refractivity contribution in [2.75, 3.05) is 26.2 Å². The number of nitrogens with zero attached hydrogens (tertiary/aromatic N) is 1. The Kier molecular flexibility index (Phi) is 1.64. The lowest BCUT2D eigenvalue weighted by atomic mass is 10.2. The Morgan fingerprint density at radius 2 is 2.40 bits per heavy atom. The Labute approximate surface area is 61.0 Å². The van der Waals surface area contributed by atoms with Crippen LogP contribution in [0.2, 0.25) is 0 Å². The molecule has 2 aliphatic heterocycles. The van der Waals surface area contributed by atoms with Gasteiger partial charge in [-0.15, -0.1) is 0 Å². The zero-order chi connectivity index (χ0) is 6.97. The van der Waals surface area contributed by atoms with Crippen LogP contribution in [-0.2, 0) is 0 Å². The fourth-order valence-corrected chi connectivity index (χ4v) is 1.94. The molecule has 10 heavy (non-hydrogen) atoms. The maximum absolute atomic E-state index is 9.29. The van der Waals surface area contributed by atoms with E-state index in [1.807, 2.05) is 0 Å². The highest BCUT2D eigenvalue weighted by atomic mass is 16.3. The molecule has 0 aromatic carbocycles. The molecule has 2 fully saturated rings. The molecule has 0 bridgehead atoms. The first-order chi connectivity index (χ1) is 4.86. The number of fused-ring (bicyclic) bond motifs is 1. The highest BCUT2D eigenvalue weighted by Gasteiger charge is 2.31. The van der Waals surface area contributed by atoms with Gasteiger partial charge in [-0.3, -0.25) is 4.90 Å². The van der Waals surface area contributed by atoms with Crippen LogP contribution in [0.4, 0.5) is 0 Å². The average molecular weight is 142 g/mol. The van der Waals surface area contributed by atoms with Gasteiger partial charge in [-0.05, 0) is 6.42 Å². The average Bonchev–Trinajstić information content (AvgIpc) is 2.27. The molecule has 58 valence electrons. The third-order valence-electron chi connectivity index (χ3n) is 2.46. The SMILES string of the molecule is OC1C[C@@H]2CNCCN2C1. The number of aliphatic hydroxyl groups is 1. The maximum Gasteiger partial charge on any atom is 0.0682 e. The summed E-state index contributed by atoms with van der Waals surface area (Å²) < 4.78 is 0. The van der Waals surface area contributed by atoms with Crippen molar-refractivity contribution in [3.63, 3.8) is 0 Å². The lowest BCUT2D eigenvalue weighted by Crippen LogP contribution is -2.47. The number of aliphatic hydroxyl groups excluding tert-OH is 1. The molecule has 2 saturated heterocycles. The largest absolute Gasteiger partial charge is 0.392 e. The highest BCUT2D eigenvalue weighted by molar-refractivity contribution is 4.89. The summed E-state index contributed by atoms with van der Waals surface area (Å²) in [4.78, 5) is 2.38. The molecule has 3 heteroatoms. The molecule has 2 N–H and O–H groups in total. The standard InChI is InChI=1S/C7H14N2O/c10-7-3-6-4-8-1-2-9(6)5-7/h6-8,10H,1-5H2/t6-,7?/m1/s1. The van der Waals surface area contributed by atoms with E-state index in [4.69, 9.17) is 0 Å². The van der Waals surface area contributed by atoms with E-state index in [0.717, 1.165) is 32.6 Å². The monoisotopic (exact) mass is 142 g/mol. The van der Waals surface area contributed by atoms with Crippen LogP contribution in [0.15, 0.2) is 0 Å². The number of hydrogen-bond acceptors (Lipinski definition) is 3. The van der Waals surface area contributed by atoms with Crippen LogP contribution in [-0.4, -0.2) is 48.3 Å². The minimum atomic E-state index is -0.0649. The van der Waals surface area contributed by atoms with Crippen LogP contribution in [0.3, 0.4) is 0 Å². The van der Waals surface area contributed by atoms with Crippen molar-refractivity contribution in [1.82, 2.24) is 10.2 Å². The topological polar surface area (TPSA) is 35.5 Å². The fraction of sp³-hybridized carbons (Fsp3) is 1.00. The highest BCUT2D eigenvalue weighted by Crippen LogP contribution is 2.18. The first-order valence-electron chi connectivity index (χ1n) is 3.99. The lowest BCUT2D eigenvalue weighted by Gasteiger charge is -2.29. The summed E-state index contributed by atoms with van der Waals surface area (Å²) in [6.07, 6.45) is 0.900. The Morgan fingerprint density at radius 3 is 3.20 bits per heavy atom. The summed E-state index contributed by atoms with van der Waals surface area (Å²) in [6.45, 7) is 4.16. The Hall–Kier alpha value is -0.120. The first kappa shape index (κ1) is 6.58. The van der Waals surface area contributed by atoms with E-state index in [9.17, 15) is 5.11 Å². The molecule has 0 saturated carbocycles. The Balaban J connectivity index is 1.97. The minimum absolute atomic E-state index is 0.0649. The van der Waals surface area contributed by atoms with Crippen LogP contribution in [0.25, 0.3) is 0 Å².